The lowest BCUT2D eigenvalue weighted by Crippen LogP contribution is -2.27. The Morgan fingerprint density at radius 3 is 2.64 bits per heavy atom. The molecule has 0 bridgehead atoms. The largest absolute Gasteiger partial charge is 0.355 e. The van der Waals surface area contributed by atoms with Crippen LogP contribution < -0.4 is 5.32 Å². The summed E-state index contributed by atoms with van der Waals surface area (Å²) >= 11 is 7.30. The number of carbonyl (C=O) groups is 1. The van der Waals surface area contributed by atoms with E-state index in [1.807, 2.05) is 54.4 Å². The zero-order valence-corrected chi connectivity index (χ0v) is 17.7. The van der Waals surface area contributed by atoms with Crippen LogP contribution in [0.15, 0.2) is 35.5 Å². The summed E-state index contributed by atoms with van der Waals surface area (Å²) in [5, 5.41) is 17.1. The summed E-state index contributed by atoms with van der Waals surface area (Å²) in [5.74, 6) is 1.02. The average molecular weight is 419 g/mol. The number of hydrogen-bond acceptors (Lipinski definition) is 5. The number of thioether (sulfide) groups is 1. The minimum absolute atomic E-state index is 0.0191. The topological polar surface area (TPSA) is 77.6 Å². The van der Waals surface area contributed by atoms with Gasteiger partial charge in [0, 0.05) is 36.4 Å². The molecule has 7 nitrogen and oxygen atoms in total. The van der Waals surface area contributed by atoms with Crippen LogP contribution in [0.25, 0.3) is 11.4 Å². The molecule has 0 atom stereocenters. The number of hydrogen-bond donors (Lipinski definition) is 1. The molecule has 0 aliphatic carbocycles. The third-order valence-electron chi connectivity index (χ3n) is 4.24. The highest BCUT2D eigenvalue weighted by Gasteiger charge is 2.13. The number of benzene rings is 1. The molecule has 1 N–H and O–H groups in total. The van der Waals surface area contributed by atoms with E-state index in [-0.39, 0.29) is 5.91 Å². The van der Waals surface area contributed by atoms with Crippen LogP contribution in [0.1, 0.15) is 17.8 Å². The normalized spacial score (nSPS) is 11.0. The van der Waals surface area contributed by atoms with Crippen molar-refractivity contribution in [3.8, 4) is 11.4 Å². The van der Waals surface area contributed by atoms with Crippen LogP contribution in [0, 0.1) is 13.8 Å². The maximum absolute atomic E-state index is 12.1. The summed E-state index contributed by atoms with van der Waals surface area (Å²) in [7, 11) is 1.89. The Bertz CT molecular complexity index is 950. The standard InChI is InChI=1S/C19H23ClN6OS/c1-13-11-14(2)26(24-13)10-4-9-21-17(27)12-28-19-23-22-18(25(19)3)15-5-7-16(20)8-6-15/h5-8,11H,4,9-10,12H2,1-3H3,(H,21,27). The van der Waals surface area contributed by atoms with Gasteiger partial charge in [-0.1, -0.05) is 23.4 Å². The van der Waals surface area contributed by atoms with E-state index in [1.165, 1.54) is 11.8 Å². The number of rotatable bonds is 8. The third-order valence-corrected chi connectivity index (χ3v) is 5.51. The lowest BCUT2D eigenvalue weighted by Gasteiger charge is -2.07. The Labute approximate surface area is 173 Å². The van der Waals surface area contributed by atoms with Crippen molar-refractivity contribution in [2.45, 2.75) is 32.0 Å². The van der Waals surface area contributed by atoms with Crippen molar-refractivity contribution in [3.63, 3.8) is 0 Å². The Kier molecular flexibility index (Phi) is 6.74. The molecule has 2 aromatic heterocycles. The van der Waals surface area contributed by atoms with Gasteiger partial charge in [-0.15, -0.1) is 10.2 Å². The molecule has 9 heteroatoms. The summed E-state index contributed by atoms with van der Waals surface area (Å²) in [4.78, 5) is 12.1. The van der Waals surface area contributed by atoms with Gasteiger partial charge in [-0.05, 0) is 50.6 Å². The van der Waals surface area contributed by atoms with Crippen molar-refractivity contribution in [3.05, 3.63) is 46.7 Å². The number of nitrogens with one attached hydrogen (secondary N) is 1. The van der Waals surface area contributed by atoms with Gasteiger partial charge in [0.1, 0.15) is 0 Å². The second-order valence-electron chi connectivity index (χ2n) is 6.51. The predicted octanol–water partition coefficient (Wildman–Crippen LogP) is 3.25. The SMILES string of the molecule is Cc1cc(C)n(CCCNC(=O)CSc2nnc(-c3ccc(Cl)cc3)n2C)n1. The number of aromatic nitrogens is 5. The van der Waals surface area contributed by atoms with E-state index in [1.54, 1.807) is 0 Å². The zero-order valence-electron chi connectivity index (χ0n) is 16.1. The number of carbonyl (C=O) groups excluding carboxylic acids is 1. The van der Waals surface area contributed by atoms with Gasteiger partial charge in [0.2, 0.25) is 5.91 Å². The Hall–Kier alpha value is -2.32. The molecule has 28 heavy (non-hydrogen) atoms. The summed E-state index contributed by atoms with van der Waals surface area (Å²) in [6.45, 7) is 5.43. The van der Waals surface area contributed by atoms with Gasteiger partial charge in [0.05, 0.1) is 11.4 Å². The zero-order chi connectivity index (χ0) is 20.1. The van der Waals surface area contributed by atoms with E-state index in [0.29, 0.717) is 22.5 Å². The highest BCUT2D eigenvalue weighted by Crippen LogP contribution is 2.23. The van der Waals surface area contributed by atoms with E-state index in [4.69, 9.17) is 11.6 Å². The van der Waals surface area contributed by atoms with Gasteiger partial charge < -0.3 is 9.88 Å². The van der Waals surface area contributed by atoms with Crippen molar-refractivity contribution < 1.29 is 4.79 Å². The molecule has 3 aromatic rings. The molecule has 1 amide bonds. The van der Waals surface area contributed by atoms with Crippen LogP contribution in [-0.4, -0.2) is 42.7 Å². The van der Waals surface area contributed by atoms with Gasteiger partial charge in [-0.2, -0.15) is 5.10 Å². The molecule has 148 valence electrons. The van der Waals surface area contributed by atoms with E-state index in [9.17, 15) is 4.79 Å². The van der Waals surface area contributed by atoms with Crippen LogP contribution in [0.2, 0.25) is 5.02 Å². The van der Waals surface area contributed by atoms with Crippen LogP contribution in [-0.2, 0) is 18.4 Å². The van der Waals surface area contributed by atoms with Crippen molar-refractivity contribution >= 4 is 29.3 Å². The first-order chi connectivity index (χ1) is 13.4. The molecule has 3 rings (SSSR count). The molecule has 0 saturated carbocycles. The highest BCUT2D eigenvalue weighted by atomic mass is 35.5. The predicted molar refractivity (Wildman–Crippen MR) is 112 cm³/mol. The summed E-state index contributed by atoms with van der Waals surface area (Å²) < 4.78 is 3.85. The van der Waals surface area contributed by atoms with Crippen molar-refractivity contribution in [2.75, 3.05) is 12.3 Å². The van der Waals surface area contributed by atoms with Crippen molar-refractivity contribution in [2.24, 2.45) is 7.05 Å². The van der Waals surface area contributed by atoms with Crippen molar-refractivity contribution in [1.82, 2.24) is 29.9 Å². The number of halogens is 1. The molecule has 0 aliphatic heterocycles. The van der Waals surface area contributed by atoms with Gasteiger partial charge >= 0.3 is 0 Å². The maximum Gasteiger partial charge on any atom is 0.230 e. The minimum atomic E-state index is -0.0191. The fourth-order valence-corrected chi connectivity index (χ4v) is 3.70. The van der Waals surface area contributed by atoms with E-state index in [0.717, 1.165) is 35.7 Å². The fourth-order valence-electron chi connectivity index (χ4n) is 2.83. The van der Waals surface area contributed by atoms with E-state index < -0.39 is 0 Å². The first-order valence-electron chi connectivity index (χ1n) is 9.00. The van der Waals surface area contributed by atoms with Crippen LogP contribution in [0.5, 0.6) is 0 Å². The molecule has 2 heterocycles. The molecule has 0 spiro atoms. The Morgan fingerprint density at radius 2 is 1.96 bits per heavy atom. The first-order valence-corrected chi connectivity index (χ1v) is 10.4. The monoisotopic (exact) mass is 418 g/mol. The van der Waals surface area contributed by atoms with E-state index >= 15 is 0 Å². The minimum Gasteiger partial charge on any atom is -0.355 e. The lowest BCUT2D eigenvalue weighted by molar-refractivity contribution is -0.118. The van der Waals surface area contributed by atoms with Crippen LogP contribution in [0.4, 0.5) is 0 Å². The molecule has 1 aromatic carbocycles. The van der Waals surface area contributed by atoms with Gasteiger partial charge in [0.25, 0.3) is 0 Å². The Balaban J connectivity index is 1.44. The summed E-state index contributed by atoms with van der Waals surface area (Å²) in [5.41, 5.74) is 3.08. The fraction of sp³-hybridized carbons (Fsp3) is 0.368. The average Bonchev–Trinajstić information content (AvgIpc) is 3.19. The van der Waals surface area contributed by atoms with Crippen LogP contribution >= 0.6 is 23.4 Å². The smallest absolute Gasteiger partial charge is 0.230 e. The van der Waals surface area contributed by atoms with Gasteiger partial charge in [-0.3, -0.25) is 9.48 Å². The lowest BCUT2D eigenvalue weighted by atomic mass is 10.2. The molecule has 0 radical (unpaired) electrons. The van der Waals surface area contributed by atoms with Gasteiger partial charge in [-0.25, -0.2) is 0 Å². The highest BCUT2D eigenvalue weighted by molar-refractivity contribution is 7.99. The summed E-state index contributed by atoms with van der Waals surface area (Å²) in [6, 6.07) is 9.48. The molecule has 0 saturated heterocycles. The maximum atomic E-state index is 12.1. The second kappa shape index (κ2) is 9.25. The summed E-state index contributed by atoms with van der Waals surface area (Å²) in [6.07, 6.45) is 0.836. The molecule has 0 aliphatic rings. The van der Waals surface area contributed by atoms with Crippen molar-refractivity contribution in [1.29, 1.82) is 0 Å². The molecular formula is C19H23ClN6OS. The quantitative estimate of drug-likeness (QED) is 0.448. The molecule has 0 fully saturated rings. The second-order valence-corrected chi connectivity index (χ2v) is 7.89. The first kappa shape index (κ1) is 20.4. The molecule has 0 unspecified atom stereocenters. The number of nitrogens with zero attached hydrogens (tertiary/aromatic N) is 5. The number of amides is 1. The van der Waals surface area contributed by atoms with Gasteiger partial charge in [0.15, 0.2) is 11.0 Å². The third kappa shape index (κ3) is 5.14. The number of aryl methyl sites for hydroxylation is 3. The Morgan fingerprint density at radius 1 is 1.21 bits per heavy atom. The molecular weight excluding hydrogens is 396 g/mol. The van der Waals surface area contributed by atoms with Crippen LogP contribution in [0.3, 0.4) is 0 Å². The van der Waals surface area contributed by atoms with E-state index in [2.05, 4.69) is 26.7 Å².